The molecule has 5 aromatic carbocycles. The SMILES string of the molecule is C=CCO[C@@]12Oc3ccc(Oc4ccc(OC)c(C=O)c4)cc3[C@H]3[C@H](CCCCO)[C@@H](CCCCO)C=C(C(=NOC4CCCCO4)C[C@@H]1N(Cc1cccc4ccccc14)C(=O)OCCOCc1ccccc1)[C@H]32. The predicted molar refractivity (Wildman–Crippen MR) is 285 cm³/mol. The number of hydrogen-bond acceptors (Lipinski definition) is 13. The largest absolute Gasteiger partial charge is 0.496 e. The van der Waals surface area contributed by atoms with Gasteiger partial charge in [-0.05, 0) is 114 Å². The van der Waals surface area contributed by atoms with Crippen LogP contribution in [0.4, 0.5) is 4.79 Å². The Kier molecular flexibility index (Phi) is 18.3. The lowest BCUT2D eigenvalue weighted by molar-refractivity contribution is -0.256. The van der Waals surface area contributed by atoms with Gasteiger partial charge in [-0.2, -0.15) is 0 Å². The van der Waals surface area contributed by atoms with Gasteiger partial charge in [0.1, 0.15) is 35.6 Å². The number of carbonyl (C=O) groups excluding carboxylic acids is 2. The quantitative estimate of drug-likeness (QED) is 0.0246. The van der Waals surface area contributed by atoms with E-state index in [1.165, 1.54) is 7.11 Å². The van der Waals surface area contributed by atoms with E-state index in [4.69, 9.17) is 43.2 Å². The van der Waals surface area contributed by atoms with E-state index in [0.717, 1.165) is 77.8 Å². The Morgan fingerprint density at radius 3 is 2.47 bits per heavy atom. The molecule has 2 aliphatic heterocycles. The Bertz CT molecular complexity index is 2770. The van der Waals surface area contributed by atoms with Crippen molar-refractivity contribution in [3.8, 4) is 23.0 Å². The van der Waals surface area contributed by atoms with E-state index in [0.29, 0.717) is 66.7 Å². The van der Waals surface area contributed by atoms with Crippen LogP contribution in [0.3, 0.4) is 0 Å². The van der Waals surface area contributed by atoms with Gasteiger partial charge in [0, 0.05) is 37.5 Å². The number of methoxy groups -OCH3 is 1. The number of fused-ring (bicyclic) bond motifs is 3. The molecule has 4 aliphatic rings. The fraction of sp³-hybridized carbons (Fsp3) is 0.426. The smallest absolute Gasteiger partial charge is 0.410 e. The lowest BCUT2D eigenvalue weighted by atomic mass is 9.55. The highest BCUT2D eigenvalue weighted by Crippen LogP contribution is 2.62. The van der Waals surface area contributed by atoms with Gasteiger partial charge in [0.25, 0.3) is 0 Å². The van der Waals surface area contributed by atoms with Crippen LogP contribution in [-0.4, -0.2) is 98.1 Å². The first-order valence-corrected chi connectivity index (χ1v) is 26.6. The summed E-state index contributed by atoms with van der Waals surface area (Å²) in [6.07, 6.45) is 10.6. The Morgan fingerprint density at radius 2 is 1.68 bits per heavy atom. The van der Waals surface area contributed by atoms with Gasteiger partial charge in [-0.3, -0.25) is 9.69 Å². The molecule has 2 N–H and O–H groups in total. The minimum Gasteiger partial charge on any atom is -0.496 e. The number of rotatable bonds is 25. The number of carbonyl (C=O) groups is 2. The second-order valence-corrected chi connectivity index (χ2v) is 19.7. The molecule has 9 rings (SSSR count). The average molecular weight is 1020 g/mol. The van der Waals surface area contributed by atoms with Crippen molar-refractivity contribution in [1.29, 1.82) is 0 Å². The summed E-state index contributed by atoms with van der Waals surface area (Å²) >= 11 is 0. The highest BCUT2D eigenvalue weighted by Gasteiger charge is 2.66. The number of aliphatic hydroxyl groups excluding tert-OH is 2. The average Bonchev–Trinajstić information content (AvgIpc) is 3.45. The second-order valence-electron chi connectivity index (χ2n) is 19.7. The van der Waals surface area contributed by atoms with Crippen molar-refractivity contribution in [3.63, 3.8) is 0 Å². The lowest BCUT2D eigenvalue weighted by Gasteiger charge is -2.60. The highest BCUT2D eigenvalue weighted by atomic mass is 16.8. The zero-order valence-corrected chi connectivity index (χ0v) is 42.9. The normalized spacial score (nSPS) is 23.2. The molecule has 0 bridgehead atoms. The van der Waals surface area contributed by atoms with Crippen LogP contribution in [0.25, 0.3) is 10.8 Å². The van der Waals surface area contributed by atoms with Crippen molar-refractivity contribution < 1.29 is 57.8 Å². The van der Waals surface area contributed by atoms with E-state index in [2.05, 4.69) is 30.9 Å². The molecule has 14 heteroatoms. The van der Waals surface area contributed by atoms with Crippen molar-refractivity contribution in [2.75, 3.05) is 46.8 Å². The molecule has 0 aromatic heterocycles. The van der Waals surface area contributed by atoms with Crippen LogP contribution in [0.1, 0.15) is 97.2 Å². The van der Waals surface area contributed by atoms with Crippen molar-refractivity contribution in [3.05, 3.63) is 156 Å². The van der Waals surface area contributed by atoms with Gasteiger partial charge in [-0.25, -0.2) is 4.79 Å². The van der Waals surface area contributed by atoms with E-state index in [-0.39, 0.29) is 63.8 Å². The summed E-state index contributed by atoms with van der Waals surface area (Å²) in [5.74, 6) is -0.567. The summed E-state index contributed by atoms with van der Waals surface area (Å²) in [6.45, 7) is 5.52. The minimum absolute atomic E-state index is 0.00354. The summed E-state index contributed by atoms with van der Waals surface area (Å²) in [6, 6.07) is 34.1. The Labute approximate surface area is 439 Å². The Morgan fingerprint density at radius 1 is 0.893 bits per heavy atom. The molecule has 7 atom stereocenters. The number of amides is 1. The number of aliphatic hydroxyl groups is 2. The number of ether oxygens (including phenoxy) is 7. The molecule has 0 spiro atoms. The molecule has 14 nitrogen and oxygen atoms in total. The summed E-state index contributed by atoms with van der Waals surface area (Å²) in [5, 5.41) is 27.3. The van der Waals surface area contributed by atoms with Crippen molar-refractivity contribution in [1.82, 2.24) is 4.90 Å². The predicted octanol–water partition coefficient (Wildman–Crippen LogP) is 11.5. The highest BCUT2D eigenvalue weighted by molar-refractivity contribution is 6.03. The van der Waals surface area contributed by atoms with Gasteiger partial charge in [0.15, 0.2) is 6.29 Å². The van der Waals surface area contributed by atoms with Gasteiger partial charge in [-0.15, -0.1) is 6.58 Å². The van der Waals surface area contributed by atoms with Crippen LogP contribution in [0.15, 0.2) is 139 Å². The third-order valence-electron chi connectivity index (χ3n) is 15.0. The molecular weight excluding hydrogens is 953 g/mol. The first kappa shape index (κ1) is 53.3. The zero-order valence-electron chi connectivity index (χ0n) is 42.9. The number of aldehydes is 1. The summed E-state index contributed by atoms with van der Waals surface area (Å²) < 4.78 is 45.2. The van der Waals surface area contributed by atoms with Gasteiger partial charge in [-0.1, -0.05) is 103 Å². The molecule has 0 radical (unpaired) electrons. The number of allylic oxidation sites excluding steroid dienone is 1. The molecule has 1 saturated heterocycles. The van der Waals surface area contributed by atoms with Crippen LogP contribution in [0.2, 0.25) is 0 Å². The minimum atomic E-state index is -1.56. The number of benzene rings is 5. The van der Waals surface area contributed by atoms with Crippen LogP contribution in [0.5, 0.6) is 23.0 Å². The van der Waals surface area contributed by atoms with Crippen LogP contribution < -0.4 is 14.2 Å². The standard InChI is InChI=1S/C61H70N2O12/c1-3-31-72-61-56(63(39-45-21-15-20-43-18-7-8-22-49(43)45)60(67)71-34-33-69-41-42-16-5-4-6-17-42)38-53(62-75-57-24-11-14-32-70-57)51-36-44(19-9-12-29-64)50(23-10-13-30-65)58(59(51)61)52-37-48(26-28-55(52)74-61)73-47-25-27-54(68-2)46(35-47)40-66/h3-8,15-18,20-22,25-28,35-37,40,44,50,56-59,64-65H,1,9-14,19,23-24,29-34,38-39,41H2,2H3/t44-,50+,56-,57?,58+,59+,61+/m0/s1. The maximum atomic E-state index is 15.4. The molecule has 2 heterocycles. The van der Waals surface area contributed by atoms with Gasteiger partial charge in [0.05, 0.1) is 57.3 Å². The summed E-state index contributed by atoms with van der Waals surface area (Å²) in [4.78, 5) is 35.6. The van der Waals surface area contributed by atoms with E-state index in [9.17, 15) is 15.0 Å². The number of unbranched alkanes of at least 4 members (excludes halogenated alkanes) is 2. The Hall–Kier alpha value is -6.55. The van der Waals surface area contributed by atoms with E-state index in [1.807, 2.05) is 72.8 Å². The molecule has 2 fully saturated rings. The molecule has 396 valence electrons. The fourth-order valence-corrected chi connectivity index (χ4v) is 11.6. The topological polar surface area (TPSA) is 164 Å². The molecule has 5 aromatic rings. The molecule has 1 amide bonds. The van der Waals surface area contributed by atoms with E-state index in [1.54, 1.807) is 29.2 Å². The molecule has 1 unspecified atom stereocenters. The Balaban J connectivity index is 1.21. The van der Waals surface area contributed by atoms with Crippen LogP contribution in [0, 0.1) is 17.8 Å². The van der Waals surface area contributed by atoms with Gasteiger partial charge in [0.2, 0.25) is 12.1 Å². The maximum Gasteiger partial charge on any atom is 0.410 e. The number of hydrogen-bond donors (Lipinski definition) is 2. The third kappa shape index (κ3) is 12.3. The van der Waals surface area contributed by atoms with E-state index < -0.39 is 30.1 Å². The van der Waals surface area contributed by atoms with Crippen LogP contribution in [-0.2, 0) is 36.9 Å². The monoisotopic (exact) mass is 1020 g/mol. The summed E-state index contributed by atoms with van der Waals surface area (Å²) in [5.41, 5.74) is 4.67. The van der Waals surface area contributed by atoms with Gasteiger partial charge >= 0.3 is 6.09 Å². The molecular formula is C61H70N2O12. The lowest BCUT2D eigenvalue weighted by Crippen LogP contribution is -2.70. The maximum absolute atomic E-state index is 15.4. The number of nitrogens with zero attached hydrogens (tertiary/aromatic N) is 2. The van der Waals surface area contributed by atoms with Crippen LogP contribution >= 0.6 is 0 Å². The zero-order chi connectivity index (χ0) is 52.0. The van der Waals surface area contributed by atoms with Crippen molar-refractivity contribution in [2.24, 2.45) is 22.9 Å². The fourth-order valence-electron chi connectivity index (χ4n) is 11.6. The molecule has 75 heavy (non-hydrogen) atoms. The van der Waals surface area contributed by atoms with Crippen molar-refractivity contribution in [2.45, 2.75) is 101 Å². The first-order valence-electron chi connectivity index (χ1n) is 26.6. The van der Waals surface area contributed by atoms with E-state index >= 15 is 4.79 Å². The molecule has 1 saturated carbocycles. The van der Waals surface area contributed by atoms with Crippen molar-refractivity contribution >= 4 is 28.9 Å². The number of oxime groups is 1. The molecule has 2 aliphatic carbocycles. The third-order valence-corrected chi connectivity index (χ3v) is 15.0. The summed E-state index contributed by atoms with van der Waals surface area (Å²) in [7, 11) is 1.52. The second kappa shape index (κ2) is 25.8. The van der Waals surface area contributed by atoms with Gasteiger partial charge < -0.3 is 48.2 Å². The first-order chi connectivity index (χ1) is 36.9.